The van der Waals surface area contributed by atoms with Crippen LogP contribution in [-0.4, -0.2) is 49.1 Å². The van der Waals surface area contributed by atoms with E-state index in [1.165, 1.54) is 25.3 Å². The normalized spacial score (nSPS) is 34.7. The van der Waals surface area contributed by atoms with Gasteiger partial charge >= 0.3 is 0 Å². The molecule has 2 nitrogen and oxygen atoms in total. The molecule has 3 atom stereocenters. The first-order valence-corrected chi connectivity index (χ1v) is 7.00. The smallest absolute Gasteiger partial charge is 0.0117 e. The van der Waals surface area contributed by atoms with Gasteiger partial charge in [0, 0.05) is 24.4 Å². The molecule has 1 fully saturated rings. The molecule has 3 unspecified atom stereocenters. The molecule has 84 valence electrons. The van der Waals surface area contributed by atoms with Gasteiger partial charge in [-0.05, 0) is 39.1 Å². The van der Waals surface area contributed by atoms with Gasteiger partial charge in [0.2, 0.25) is 0 Å². The fraction of sp³-hybridized carbons (Fsp3) is 1.00. The molecule has 14 heavy (non-hydrogen) atoms. The Morgan fingerprint density at radius 1 is 1.43 bits per heavy atom. The lowest BCUT2D eigenvalue weighted by Gasteiger charge is -2.42. The molecule has 0 amide bonds. The summed E-state index contributed by atoms with van der Waals surface area (Å²) >= 11 is 1.95. The molecular weight excluding hydrogens is 192 g/mol. The van der Waals surface area contributed by atoms with Crippen molar-refractivity contribution in [2.75, 3.05) is 32.1 Å². The fourth-order valence-electron chi connectivity index (χ4n) is 2.37. The second-order valence-electron chi connectivity index (χ2n) is 4.31. The molecule has 0 aromatic heterocycles. The highest BCUT2D eigenvalue weighted by Gasteiger charge is 2.30. The Balaban J connectivity index is 2.42. The van der Waals surface area contributed by atoms with Crippen molar-refractivity contribution >= 4 is 11.8 Å². The number of rotatable bonds is 4. The molecule has 0 aliphatic carbocycles. The van der Waals surface area contributed by atoms with Crippen LogP contribution in [0.1, 0.15) is 20.3 Å². The van der Waals surface area contributed by atoms with Gasteiger partial charge in [0.1, 0.15) is 0 Å². The van der Waals surface area contributed by atoms with Crippen LogP contribution in [-0.2, 0) is 0 Å². The van der Waals surface area contributed by atoms with Gasteiger partial charge < -0.3 is 5.32 Å². The highest BCUT2D eigenvalue weighted by Crippen LogP contribution is 2.23. The highest BCUT2D eigenvalue weighted by atomic mass is 32.2. The Kier molecular flexibility index (Phi) is 5.28. The van der Waals surface area contributed by atoms with Crippen LogP contribution in [0.4, 0.5) is 0 Å². The van der Waals surface area contributed by atoms with Crippen molar-refractivity contribution in [2.45, 2.75) is 32.4 Å². The highest BCUT2D eigenvalue weighted by molar-refractivity contribution is 7.98. The molecule has 0 radical (unpaired) electrons. The van der Waals surface area contributed by atoms with Crippen LogP contribution >= 0.6 is 11.8 Å². The maximum Gasteiger partial charge on any atom is 0.0117 e. The Bertz CT molecular complexity index is 163. The van der Waals surface area contributed by atoms with Crippen LogP contribution < -0.4 is 5.32 Å². The SMILES string of the molecule is CNC1CCN(CCSC)C(C)C1C. The first-order valence-electron chi connectivity index (χ1n) is 5.61. The number of nitrogens with zero attached hydrogens (tertiary/aromatic N) is 1. The molecule has 1 aliphatic rings. The Morgan fingerprint density at radius 2 is 2.14 bits per heavy atom. The first kappa shape index (κ1) is 12.3. The standard InChI is InChI=1S/C11H24N2S/c1-9-10(2)13(7-8-14-4)6-5-11(9)12-3/h9-12H,5-8H2,1-4H3. The minimum absolute atomic E-state index is 0.718. The quantitative estimate of drug-likeness (QED) is 0.769. The second kappa shape index (κ2) is 5.99. The number of hydrogen-bond donors (Lipinski definition) is 1. The van der Waals surface area contributed by atoms with Crippen LogP contribution in [0.3, 0.4) is 0 Å². The van der Waals surface area contributed by atoms with E-state index < -0.39 is 0 Å². The van der Waals surface area contributed by atoms with Crippen LogP contribution in [0, 0.1) is 5.92 Å². The Morgan fingerprint density at radius 3 is 2.71 bits per heavy atom. The fourth-order valence-corrected chi connectivity index (χ4v) is 2.79. The summed E-state index contributed by atoms with van der Waals surface area (Å²) in [4.78, 5) is 2.63. The lowest BCUT2D eigenvalue weighted by molar-refractivity contribution is 0.0942. The molecular formula is C11H24N2S. The van der Waals surface area contributed by atoms with Gasteiger partial charge in [-0.1, -0.05) is 6.92 Å². The van der Waals surface area contributed by atoms with Gasteiger partial charge in [-0.2, -0.15) is 11.8 Å². The number of piperidine rings is 1. The van der Waals surface area contributed by atoms with Gasteiger partial charge in [-0.3, -0.25) is 4.90 Å². The predicted octanol–water partition coefficient (Wildman–Crippen LogP) is 1.67. The van der Waals surface area contributed by atoms with Crippen LogP contribution in [0.25, 0.3) is 0 Å². The average molecular weight is 216 g/mol. The molecule has 3 heteroatoms. The van der Waals surface area contributed by atoms with Crippen molar-refractivity contribution in [3.05, 3.63) is 0 Å². The third-order valence-corrected chi connectivity index (χ3v) is 4.24. The topological polar surface area (TPSA) is 15.3 Å². The number of likely N-dealkylation sites (tertiary alicyclic amines) is 1. The van der Waals surface area contributed by atoms with E-state index in [0.29, 0.717) is 0 Å². The summed E-state index contributed by atoms with van der Waals surface area (Å²) in [5.41, 5.74) is 0. The lowest BCUT2D eigenvalue weighted by atomic mass is 9.87. The largest absolute Gasteiger partial charge is 0.317 e. The summed E-state index contributed by atoms with van der Waals surface area (Å²) in [7, 11) is 2.09. The summed E-state index contributed by atoms with van der Waals surface area (Å²) in [5, 5.41) is 3.43. The van der Waals surface area contributed by atoms with E-state index in [4.69, 9.17) is 0 Å². The molecule has 1 saturated heterocycles. The van der Waals surface area contributed by atoms with Crippen molar-refractivity contribution in [3.63, 3.8) is 0 Å². The minimum atomic E-state index is 0.718. The Labute approximate surface area is 92.8 Å². The summed E-state index contributed by atoms with van der Waals surface area (Å²) in [6, 6.07) is 1.45. The Hall–Kier alpha value is 0.270. The van der Waals surface area contributed by atoms with Crippen molar-refractivity contribution in [2.24, 2.45) is 5.92 Å². The van der Waals surface area contributed by atoms with Crippen molar-refractivity contribution in [1.29, 1.82) is 0 Å². The molecule has 1 aliphatic heterocycles. The lowest BCUT2D eigenvalue weighted by Crippen LogP contribution is -2.53. The molecule has 1 rings (SSSR count). The number of nitrogens with one attached hydrogen (secondary N) is 1. The minimum Gasteiger partial charge on any atom is -0.317 e. The van der Waals surface area contributed by atoms with Crippen molar-refractivity contribution in [3.8, 4) is 0 Å². The van der Waals surface area contributed by atoms with E-state index in [-0.39, 0.29) is 0 Å². The molecule has 0 aromatic carbocycles. The van der Waals surface area contributed by atoms with E-state index in [2.05, 4.69) is 37.4 Å². The van der Waals surface area contributed by atoms with Gasteiger partial charge in [0.05, 0.1) is 0 Å². The van der Waals surface area contributed by atoms with Crippen molar-refractivity contribution in [1.82, 2.24) is 10.2 Å². The molecule has 0 aromatic rings. The number of thioether (sulfide) groups is 1. The summed E-state index contributed by atoms with van der Waals surface area (Å²) in [6.45, 7) is 7.26. The van der Waals surface area contributed by atoms with E-state index in [9.17, 15) is 0 Å². The van der Waals surface area contributed by atoms with E-state index in [1.54, 1.807) is 0 Å². The third kappa shape index (κ3) is 2.88. The maximum absolute atomic E-state index is 3.43. The van der Waals surface area contributed by atoms with Gasteiger partial charge in [0.25, 0.3) is 0 Å². The summed E-state index contributed by atoms with van der Waals surface area (Å²) in [6.07, 6.45) is 3.49. The molecule has 1 N–H and O–H groups in total. The molecule has 0 spiro atoms. The van der Waals surface area contributed by atoms with E-state index >= 15 is 0 Å². The number of hydrogen-bond acceptors (Lipinski definition) is 3. The monoisotopic (exact) mass is 216 g/mol. The zero-order chi connectivity index (χ0) is 10.6. The second-order valence-corrected chi connectivity index (χ2v) is 5.30. The van der Waals surface area contributed by atoms with E-state index in [0.717, 1.165) is 18.0 Å². The maximum atomic E-state index is 3.43. The molecule has 0 bridgehead atoms. The molecule has 1 heterocycles. The van der Waals surface area contributed by atoms with E-state index in [1.807, 2.05) is 11.8 Å². The van der Waals surface area contributed by atoms with Crippen LogP contribution in [0.2, 0.25) is 0 Å². The van der Waals surface area contributed by atoms with Gasteiger partial charge in [-0.15, -0.1) is 0 Å². The first-order chi connectivity index (χ1) is 6.70. The summed E-state index contributed by atoms with van der Waals surface area (Å²) in [5.74, 6) is 2.04. The van der Waals surface area contributed by atoms with Crippen molar-refractivity contribution < 1.29 is 0 Å². The predicted molar refractivity (Wildman–Crippen MR) is 66.0 cm³/mol. The third-order valence-electron chi connectivity index (χ3n) is 3.65. The van der Waals surface area contributed by atoms with Gasteiger partial charge in [0.15, 0.2) is 0 Å². The van der Waals surface area contributed by atoms with Gasteiger partial charge in [-0.25, -0.2) is 0 Å². The van der Waals surface area contributed by atoms with Crippen LogP contribution in [0.5, 0.6) is 0 Å². The van der Waals surface area contributed by atoms with Crippen LogP contribution in [0.15, 0.2) is 0 Å². The zero-order valence-corrected chi connectivity index (χ0v) is 10.7. The molecule has 0 saturated carbocycles. The zero-order valence-electron chi connectivity index (χ0n) is 9.92. The summed E-state index contributed by atoms with van der Waals surface area (Å²) < 4.78 is 0. The average Bonchev–Trinajstić information content (AvgIpc) is 2.20.